The van der Waals surface area contributed by atoms with Crippen LogP contribution in [0.4, 0.5) is 5.69 Å². The van der Waals surface area contributed by atoms with Crippen LogP contribution < -0.4 is 10.1 Å². The van der Waals surface area contributed by atoms with Crippen LogP contribution in [0.5, 0.6) is 5.75 Å². The Bertz CT molecular complexity index is 763. The fourth-order valence-electron chi connectivity index (χ4n) is 3.77. The van der Waals surface area contributed by atoms with Gasteiger partial charge in [0.25, 0.3) is 5.91 Å². The normalized spacial score (nSPS) is 20.9. The summed E-state index contributed by atoms with van der Waals surface area (Å²) >= 11 is 6.05. The number of nitrogens with zero attached hydrogens (tertiary/aromatic N) is 1. The van der Waals surface area contributed by atoms with E-state index in [9.17, 15) is 14.4 Å². The Balaban J connectivity index is 1.53. The fraction of sp³-hybridized carbons (Fsp3) is 0.550. The van der Waals surface area contributed by atoms with Crippen LogP contribution in [-0.2, 0) is 19.1 Å². The van der Waals surface area contributed by atoms with Crippen molar-refractivity contribution in [3.05, 3.63) is 23.2 Å². The van der Waals surface area contributed by atoms with E-state index in [1.54, 1.807) is 18.2 Å². The summed E-state index contributed by atoms with van der Waals surface area (Å²) in [4.78, 5) is 38.8. The molecule has 0 spiro atoms. The van der Waals surface area contributed by atoms with Gasteiger partial charge >= 0.3 is 5.97 Å². The minimum atomic E-state index is -0.982. The molecule has 2 amide bonds. The Kier molecular flexibility index (Phi) is 6.44. The van der Waals surface area contributed by atoms with Crippen molar-refractivity contribution in [3.63, 3.8) is 0 Å². The number of nitrogens with one attached hydrogen (secondary N) is 1. The van der Waals surface area contributed by atoms with Crippen LogP contribution in [0.3, 0.4) is 0 Å². The van der Waals surface area contributed by atoms with Gasteiger partial charge in [0.1, 0.15) is 5.75 Å². The standard InChI is InChI=1S/C20H25ClN2O5/c1-12(19(25)22-14-7-8-17(27-2)16(21)10-14)28-20(26)13-9-18(24)23(11-13)15-5-3-4-6-15/h7-8,10,12-13,15H,3-6,9,11H2,1-2H3,(H,22,25)/t12-,13+/m1/s1. The summed E-state index contributed by atoms with van der Waals surface area (Å²) in [5, 5.41) is 3.02. The van der Waals surface area contributed by atoms with Gasteiger partial charge in [-0.3, -0.25) is 14.4 Å². The molecule has 2 fully saturated rings. The zero-order chi connectivity index (χ0) is 20.3. The number of ether oxygens (including phenoxy) is 2. The van der Waals surface area contributed by atoms with Gasteiger partial charge in [-0.15, -0.1) is 0 Å². The number of benzene rings is 1. The van der Waals surface area contributed by atoms with E-state index in [0.29, 0.717) is 23.0 Å². The van der Waals surface area contributed by atoms with Crippen LogP contribution in [0, 0.1) is 5.92 Å². The lowest BCUT2D eigenvalue weighted by molar-refractivity contribution is -0.157. The number of esters is 1. The first-order valence-corrected chi connectivity index (χ1v) is 9.91. The lowest BCUT2D eigenvalue weighted by atomic mass is 10.1. The molecular formula is C20H25ClN2O5. The summed E-state index contributed by atoms with van der Waals surface area (Å²) < 4.78 is 10.4. The Morgan fingerprint density at radius 2 is 2.00 bits per heavy atom. The Morgan fingerprint density at radius 1 is 1.29 bits per heavy atom. The largest absolute Gasteiger partial charge is 0.495 e. The average molecular weight is 409 g/mol. The van der Waals surface area contributed by atoms with E-state index in [4.69, 9.17) is 21.1 Å². The molecule has 2 atom stereocenters. The molecule has 2 aliphatic rings. The van der Waals surface area contributed by atoms with Gasteiger partial charge in [0.15, 0.2) is 6.10 Å². The highest BCUT2D eigenvalue weighted by Crippen LogP contribution is 2.30. The number of amides is 2. The molecule has 7 nitrogen and oxygen atoms in total. The van der Waals surface area contributed by atoms with Crippen molar-refractivity contribution in [3.8, 4) is 5.75 Å². The maximum Gasteiger partial charge on any atom is 0.312 e. The van der Waals surface area contributed by atoms with Gasteiger partial charge in [-0.25, -0.2) is 0 Å². The zero-order valence-electron chi connectivity index (χ0n) is 16.1. The maximum atomic E-state index is 12.4. The highest BCUT2D eigenvalue weighted by molar-refractivity contribution is 6.32. The monoisotopic (exact) mass is 408 g/mol. The summed E-state index contributed by atoms with van der Waals surface area (Å²) in [6.45, 7) is 1.88. The number of anilines is 1. The molecule has 0 radical (unpaired) electrons. The Morgan fingerprint density at radius 3 is 2.64 bits per heavy atom. The van der Waals surface area contributed by atoms with Crippen LogP contribution in [0.15, 0.2) is 18.2 Å². The number of carbonyl (C=O) groups excluding carboxylic acids is 3. The molecule has 1 heterocycles. The van der Waals surface area contributed by atoms with Crippen molar-refractivity contribution in [2.75, 3.05) is 19.0 Å². The number of hydrogen-bond acceptors (Lipinski definition) is 5. The smallest absolute Gasteiger partial charge is 0.312 e. The van der Waals surface area contributed by atoms with Gasteiger partial charge in [-0.2, -0.15) is 0 Å². The molecule has 0 unspecified atom stereocenters. The van der Waals surface area contributed by atoms with Crippen molar-refractivity contribution in [2.45, 2.75) is 51.2 Å². The molecule has 1 N–H and O–H groups in total. The van der Waals surface area contributed by atoms with Gasteiger partial charge in [0.2, 0.25) is 5.91 Å². The van der Waals surface area contributed by atoms with Crippen molar-refractivity contribution < 1.29 is 23.9 Å². The van der Waals surface area contributed by atoms with Gasteiger partial charge < -0.3 is 19.7 Å². The molecule has 1 saturated heterocycles. The summed E-state index contributed by atoms with van der Waals surface area (Å²) in [5.74, 6) is -0.995. The van der Waals surface area contributed by atoms with Crippen molar-refractivity contribution in [2.24, 2.45) is 5.92 Å². The second-order valence-corrected chi connectivity index (χ2v) is 7.71. The lowest BCUT2D eigenvalue weighted by Gasteiger charge is -2.24. The lowest BCUT2D eigenvalue weighted by Crippen LogP contribution is -2.36. The van der Waals surface area contributed by atoms with E-state index < -0.39 is 23.9 Å². The molecule has 1 aromatic carbocycles. The van der Waals surface area contributed by atoms with Gasteiger partial charge in [0.05, 0.1) is 18.1 Å². The number of halogens is 1. The first-order valence-electron chi connectivity index (χ1n) is 9.53. The molecule has 8 heteroatoms. The Hall–Kier alpha value is -2.28. The van der Waals surface area contributed by atoms with E-state index in [1.165, 1.54) is 14.0 Å². The van der Waals surface area contributed by atoms with Crippen molar-refractivity contribution in [1.82, 2.24) is 4.90 Å². The molecule has 152 valence electrons. The summed E-state index contributed by atoms with van der Waals surface area (Å²) in [7, 11) is 1.50. The number of rotatable bonds is 6. The number of likely N-dealkylation sites (tertiary alicyclic amines) is 1. The summed E-state index contributed by atoms with van der Waals surface area (Å²) in [6.07, 6.45) is 3.40. The number of hydrogen-bond donors (Lipinski definition) is 1. The minimum absolute atomic E-state index is 0.00108. The SMILES string of the molecule is COc1ccc(NC(=O)[C@@H](C)OC(=O)[C@H]2CC(=O)N(C3CCCC3)C2)cc1Cl. The number of carbonyl (C=O) groups is 3. The Labute approximate surface area is 169 Å². The van der Waals surface area contributed by atoms with Crippen LogP contribution in [0.1, 0.15) is 39.0 Å². The molecule has 3 rings (SSSR count). The highest BCUT2D eigenvalue weighted by atomic mass is 35.5. The first-order chi connectivity index (χ1) is 13.4. The molecule has 1 aliphatic heterocycles. The van der Waals surface area contributed by atoms with Gasteiger partial charge in [-0.1, -0.05) is 24.4 Å². The van der Waals surface area contributed by atoms with Crippen LogP contribution >= 0.6 is 11.6 Å². The van der Waals surface area contributed by atoms with Crippen LogP contribution in [-0.4, -0.2) is 48.5 Å². The highest BCUT2D eigenvalue weighted by Gasteiger charge is 2.40. The van der Waals surface area contributed by atoms with E-state index in [1.807, 2.05) is 4.90 Å². The molecule has 28 heavy (non-hydrogen) atoms. The zero-order valence-corrected chi connectivity index (χ0v) is 16.8. The predicted molar refractivity (Wildman–Crippen MR) is 104 cm³/mol. The van der Waals surface area contributed by atoms with Crippen molar-refractivity contribution in [1.29, 1.82) is 0 Å². The fourth-order valence-corrected chi connectivity index (χ4v) is 4.03. The van der Waals surface area contributed by atoms with E-state index in [2.05, 4.69) is 5.32 Å². The predicted octanol–water partition coefficient (Wildman–Crippen LogP) is 3.01. The van der Waals surface area contributed by atoms with Crippen molar-refractivity contribution >= 4 is 35.1 Å². The minimum Gasteiger partial charge on any atom is -0.495 e. The van der Waals surface area contributed by atoms with Gasteiger partial charge in [0, 0.05) is 24.7 Å². The topological polar surface area (TPSA) is 84.9 Å². The molecule has 1 aromatic rings. The second-order valence-electron chi connectivity index (χ2n) is 7.30. The van der Waals surface area contributed by atoms with Crippen LogP contribution in [0.2, 0.25) is 5.02 Å². The number of methoxy groups -OCH3 is 1. The van der Waals surface area contributed by atoms with E-state index in [-0.39, 0.29) is 18.4 Å². The third kappa shape index (κ3) is 4.58. The van der Waals surface area contributed by atoms with E-state index in [0.717, 1.165) is 25.7 Å². The van der Waals surface area contributed by atoms with Crippen LogP contribution in [0.25, 0.3) is 0 Å². The molecular weight excluding hydrogens is 384 g/mol. The molecule has 0 aromatic heterocycles. The summed E-state index contributed by atoms with van der Waals surface area (Å²) in [6, 6.07) is 5.08. The third-order valence-corrected chi connectivity index (χ3v) is 5.63. The average Bonchev–Trinajstić information content (AvgIpc) is 3.31. The molecule has 1 aliphatic carbocycles. The molecule has 0 bridgehead atoms. The first kappa shape index (κ1) is 20.5. The quantitative estimate of drug-likeness (QED) is 0.731. The second kappa shape index (κ2) is 8.82. The summed E-state index contributed by atoms with van der Waals surface area (Å²) in [5.41, 5.74) is 0.474. The van der Waals surface area contributed by atoms with E-state index >= 15 is 0 Å². The maximum absolute atomic E-state index is 12.4. The molecule has 1 saturated carbocycles. The van der Waals surface area contributed by atoms with Gasteiger partial charge in [-0.05, 0) is 38.0 Å². The third-order valence-electron chi connectivity index (χ3n) is 5.34.